The first-order valence-electron chi connectivity index (χ1n) is 11.4. The lowest BCUT2D eigenvalue weighted by Crippen LogP contribution is -2.36. The zero-order valence-corrected chi connectivity index (χ0v) is 17.9. The summed E-state index contributed by atoms with van der Waals surface area (Å²) >= 11 is 0. The Bertz CT molecular complexity index is 513. The largest absolute Gasteiger partial charge is 0.303 e. The molecule has 1 aliphatic heterocycles. The van der Waals surface area contributed by atoms with E-state index >= 15 is 0 Å². The van der Waals surface area contributed by atoms with Crippen molar-refractivity contribution in [1.82, 2.24) is 14.7 Å². The smallest absolute Gasteiger partial charge is 0.122 e. The molecule has 1 unspecified atom stereocenters. The number of rotatable bonds is 7. The summed E-state index contributed by atoms with van der Waals surface area (Å²) in [4.78, 5) is 12.4. The third kappa shape index (κ3) is 7.77. The van der Waals surface area contributed by atoms with Crippen molar-refractivity contribution >= 4 is 6.29 Å². The maximum absolute atomic E-state index is 9.74. The van der Waals surface area contributed by atoms with Gasteiger partial charge in [-0.15, -0.1) is 0 Å². The van der Waals surface area contributed by atoms with Crippen molar-refractivity contribution in [2.45, 2.75) is 91.0 Å². The molecule has 0 radical (unpaired) electrons. The van der Waals surface area contributed by atoms with E-state index in [1.54, 1.807) is 0 Å². The van der Waals surface area contributed by atoms with Crippen LogP contribution in [-0.4, -0.2) is 40.6 Å². The van der Waals surface area contributed by atoms with E-state index in [-0.39, 0.29) is 5.92 Å². The summed E-state index contributed by atoms with van der Waals surface area (Å²) < 4.78 is 2.22. The van der Waals surface area contributed by atoms with Crippen molar-refractivity contribution in [2.75, 3.05) is 19.6 Å². The third-order valence-electron chi connectivity index (χ3n) is 6.45. The summed E-state index contributed by atoms with van der Waals surface area (Å²) in [5.41, 5.74) is 1.37. The van der Waals surface area contributed by atoms with Gasteiger partial charge in [-0.05, 0) is 50.1 Å². The van der Waals surface area contributed by atoms with Gasteiger partial charge < -0.3 is 9.69 Å². The first kappa shape index (κ1) is 22.1. The molecule has 0 N–H and O–H groups in total. The quantitative estimate of drug-likeness (QED) is 0.608. The van der Waals surface area contributed by atoms with Crippen LogP contribution >= 0.6 is 0 Å². The molecule has 1 saturated heterocycles. The minimum Gasteiger partial charge on any atom is -0.303 e. The molecule has 0 aromatic carbocycles. The van der Waals surface area contributed by atoms with Crippen molar-refractivity contribution in [3.63, 3.8) is 0 Å². The molecule has 4 heteroatoms. The van der Waals surface area contributed by atoms with E-state index < -0.39 is 0 Å². The summed E-state index contributed by atoms with van der Waals surface area (Å²) in [6.07, 6.45) is 18.7. The number of nitrogens with zero attached hydrogens (tertiary/aromatic N) is 3. The van der Waals surface area contributed by atoms with Gasteiger partial charge in [0, 0.05) is 25.2 Å². The number of hydrogen-bond acceptors (Lipinski definition) is 3. The average molecular weight is 376 g/mol. The Kier molecular flexibility index (Phi) is 10.1. The van der Waals surface area contributed by atoms with Crippen LogP contribution in [0.5, 0.6) is 0 Å². The van der Waals surface area contributed by atoms with Gasteiger partial charge in [-0.3, -0.25) is 4.68 Å². The van der Waals surface area contributed by atoms with E-state index in [1.165, 1.54) is 76.6 Å². The molecule has 0 bridgehead atoms. The zero-order chi connectivity index (χ0) is 19.5. The molecule has 27 heavy (non-hydrogen) atoms. The highest BCUT2D eigenvalue weighted by molar-refractivity contribution is 5.52. The number of carbonyl (C=O) groups excluding carboxylic acids is 1. The van der Waals surface area contributed by atoms with Gasteiger partial charge in [-0.2, -0.15) is 5.10 Å². The highest BCUT2D eigenvalue weighted by atomic mass is 16.1. The third-order valence-corrected chi connectivity index (χ3v) is 6.45. The minimum absolute atomic E-state index is 0.255. The summed E-state index contributed by atoms with van der Waals surface area (Å²) in [7, 11) is 0. The van der Waals surface area contributed by atoms with E-state index in [0.29, 0.717) is 6.04 Å². The van der Waals surface area contributed by atoms with Crippen LogP contribution in [0.4, 0.5) is 0 Å². The normalized spacial score (nSPS) is 20.7. The predicted octanol–water partition coefficient (Wildman–Crippen LogP) is 5.28. The molecular weight excluding hydrogens is 334 g/mol. The highest BCUT2D eigenvalue weighted by Crippen LogP contribution is 2.28. The second kappa shape index (κ2) is 12.3. The first-order valence-corrected chi connectivity index (χ1v) is 11.4. The molecule has 0 spiro atoms. The Morgan fingerprint density at radius 1 is 1.15 bits per heavy atom. The first-order chi connectivity index (χ1) is 13.2. The lowest BCUT2D eigenvalue weighted by molar-refractivity contribution is -0.110. The molecule has 1 aromatic heterocycles. The fraction of sp³-hybridized carbons (Fsp3) is 0.826. The number of hydrogen-bond donors (Lipinski definition) is 0. The molecule has 1 atom stereocenters. The van der Waals surface area contributed by atoms with Gasteiger partial charge in [0.15, 0.2) is 0 Å². The molecule has 2 heterocycles. The molecular formula is C23H41N3O. The van der Waals surface area contributed by atoms with Gasteiger partial charge >= 0.3 is 0 Å². The van der Waals surface area contributed by atoms with Crippen LogP contribution in [0.2, 0.25) is 0 Å². The van der Waals surface area contributed by atoms with Crippen molar-refractivity contribution in [3.05, 3.63) is 18.0 Å². The lowest BCUT2D eigenvalue weighted by atomic mass is 9.87. The molecule has 3 rings (SSSR count). The van der Waals surface area contributed by atoms with Crippen LogP contribution in [0.15, 0.2) is 12.4 Å². The fourth-order valence-corrected chi connectivity index (χ4v) is 4.10. The summed E-state index contributed by atoms with van der Waals surface area (Å²) in [5.74, 6) is 1.28. The van der Waals surface area contributed by atoms with Crippen molar-refractivity contribution < 1.29 is 4.79 Å². The van der Waals surface area contributed by atoms with Crippen LogP contribution in [0.25, 0.3) is 0 Å². The van der Waals surface area contributed by atoms with E-state index in [1.807, 2.05) is 20.0 Å². The molecule has 1 aliphatic carbocycles. The number of piperidine rings is 1. The van der Waals surface area contributed by atoms with E-state index in [9.17, 15) is 4.79 Å². The van der Waals surface area contributed by atoms with Crippen molar-refractivity contribution in [1.29, 1.82) is 0 Å². The Morgan fingerprint density at radius 2 is 1.85 bits per heavy atom. The van der Waals surface area contributed by atoms with Crippen molar-refractivity contribution in [3.8, 4) is 0 Å². The van der Waals surface area contributed by atoms with E-state index in [0.717, 1.165) is 25.0 Å². The van der Waals surface area contributed by atoms with Crippen LogP contribution in [0.1, 0.15) is 90.2 Å². The number of likely N-dealkylation sites (tertiary alicyclic amines) is 1. The van der Waals surface area contributed by atoms with Gasteiger partial charge in [-0.1, -0.05) is 52.9 Å². The second-order valence-corrected chi connectivity index (χ2v) is 8.57. The molecule has 2 aliphatic rings. The summed E-state index contributed by atoms with van der Waals surface area (Å²) in [6.45, 7) is 9.97. The molecule has 1 saturated carbocycles. The number of aldehydes is 1. The summed E-state index contributed by atoms with van der Waals surface area (Å²) in [6, 6.07) is 0.635. The van der Waals surface area contributed by atoms with Gasteiger partial charge in [0.2, 0.25) is 0 Å². The predicted molar refractivity (Wildman–Crippen MR) is 113 cm³/mol. The minimum atomic E-state index is 0.255. The maximum Gasteiger partial charge on any atom is 0.122 e. The van der Waals surface area contributed by atoms with Crippen molar-refractivity contribution in [2.24, 2.45) is 11.8 Å². The van der Waals surface area contributed by atoms with Gasteiger partial charge in [0.05, 0.1) is 12.2 Å². The van der Waals surface area contributed by atoms with Gasteiger partial charge in [0.1, 0.15) is 6.29 Å². The second-order valence-electron chi connectivity index (χ2n) is 8.57. The average Bonchev–Trinajstić information content (AvgIpc) is 3.22. The number of aryl methyl sites for hydroxylation is 1. The molecule has 2 fully saturated rings. The summed E-state index contributed by atoms with van der Waals surface area (Å²) in [5, 5.41) is 4.55. The Hall–Kier alpha value is -1.16. The zero-order valence-electron chi connectivity index (χ0n) is 17.9. The number of aromatic nitrogens is 2. The Labute approximate surface area is 166 Å². The fourth-order valence-electron chi connectivity index (χ4n) is 4.10. The van der Waals surface area contributed by atoms with Gasteiger partial charge in [0.25, 0.3) is 0 Å². The van der Waals surface area contributed by atoms with Crippen LogP contribution in [0, 0.1) is 11.8 Å². The standard InChI is InChI=1S/C18H31N3.C5H10O/c1-2-16-14-19-21(15-16)18-9-12-20(13-10-18)11-8-17-6-4-3-5-7-17;1-3-5(2)4-6/h14-15,17-18H,2-13H2,1H3;4-5H,3H2,1-2H3. The van der Waals surface area contributed by atoms with E-state index in [2.05, 4.69) is 27.8 Å². The SMILES string of the molecule is CCC(C)C=O.CCc1cnn(C2CCN(CCC3CCCCC3)CC2)c1. The molecule has 154 valence electrons. The highest BCUT2D eigenvalue weighted by Gasteiger charge is 2.22. The topological polar surface area (TPSA) is 38.1 Å². The van der Waals surface area contributed by atoms with Crippen LogP contribution in [0.3, 0.4) is 0 Å². The number of carbonyl (C=O) groups is 1. The Morgan fingerprint density at radius 3 is 2.37 bits per heavy atom. The van der Waals surface area contributed by atoms with Crippen LogP contribution in [-0.2, 0) is 11.2 Å². The maximum atomic E-state index is 9.74. The molecule has 4 nitrogen and oxygen atoms in total. The monoisotopic (exact) mass is 375 g/mol. The van der Waals surface area contributed by atoms with Gasteiger partial charge in [-0.25, -0.2) is 0 Å². The van der Waals surface area contributed by atoms with Crippen LogP contribution < -0.4 is 0 Å². The Balaban J connectivity index is 0.000000380. The van der Waals surface area contributed by atoms with E-state index in [4.69, 9.17) is 0 Å². The lowest BCUT2D eigenvalue weighted by Gasteiger charge is -2.33. The molecule has 1 aromatic rings. The molecule has 0 amide bonds.